The van der Waals surface area contributed by atoms with Crippen LogP contribution < -0.4 is 11.5 Å². The van der Waals surface area contributed by atoms with Crippen LogP contribution in [0.2, 0.25) is 0 Å². The molecule has 6 N–H and O–H groups in total. The molecule has 5 atom stereocenters. The van der Waals surface area contributed by atoms with E-state index in [-0.39, 0.29) is 17.4 Å². The van der Waals surface area contributed by atoms with Gasteiger partial charge >= 0.3 is 0 Å². The van der Waals surface area contributed by atoms with E-state index in [2.05, 4.69) is 32.2 Å². The zero-order valence-electron chi connectivity index (χ0n) is 20.2. The van der Waals surface area contributed by atoms with Crippen LogP contribution in [0.15, 0.2) is 53.6 Å². The van der Waals surface area contributed by atoms with Crippen LogP contribution in [0.5, 0.6) is 0 Å². The number of aromatic nitrogens is 5. The van der Waals surface area contributed by atoms with Gasteiger partial charge in [0.1, 0.15) is 36.0 Å². The average Bonchev–Trinajstić information content (AvgIpc) is 3.11. The van der Waals surface area contributed by atoms with Gasteiger partial charge in [-0.3, -0.25) is 0 Å². The molecule has 2 saturated carbocycles. The van der Waals surface area contributed by atoms with E-state index in [4.69, 9.17) is 16.0 Å². The van der Waals surface area contributed by atoms with Crippen LogP contribution in [0.1, 0.15) is 30.1 Å². The minimum Gasteiger partial charge on any atom is -0.390 e. The number of benzene rings is 1. The Kier molecular flexibility index (Phi) is 4.64. The summed E-state index contributed by atoms with van der Waals surface area (Å²) in [6, 6.07) is 9.82. The van der Waals surface area contributed by atoms with Crippen LogP contribution in [0.25, 0.3) is 33.1 Å². The van der Waals surface area contributed by atoms with Crippen molar-refractivity contribution >= 4 is 33.6 Å². The standard InChI is InChI=1S/C27H27N7O3/c1-13-18(11-37-33-13)17-9-15-3-2-14(8-20(15)32-25(17)29)4-6-27-10-19(27)21(22(35)23(27)36)34-7-5-16-24(28)30-12-31-26(16)34/h2-3,5,7-9,11-12,19,21-23,35-36H,4,6,10H2,1H3,(H2,29,32)(H2,28,30,31)/t19-,21-,22+,23+,27+/m1/s1. The molecule has 0 amide bonds. The molecule has 1 aromatic carbocycles. The summed E-state index contributed by atoms with van der Waals surface area (Å²) in [5.41, 5.74) is 17.0. The molecule has 2 fully saturated rings. The fourth-order valence-electron chi connectivity index (χ4n) is 6.47. The van der Waals surface area contributed by atoms with Crippen LogP contribution >= 0.6 is 0 Å². The summed E-state index contributed by atoms with van der Waals surface area (Å²) in [5.74, 6) is 0.998. The SMILES string of the molecule is Cc1nocc1-c1cc2ccc(CC[C@]34C[C@@H]3[C@@H](n3ccc5c(N)ncnc53)[C@H](O)[C@@H]4O)cc2nc1N. The summed E-state index contributed by atoms with van der Waals surface area (Å²) in [4.78, 5) is 13.1. The Morgan fingerprint density at radius 3 is 2.78 bits per heavy atom. The van der Waals surface area contributed by atoms with Crippen molar-refractivity contribution in [2.75, 3.05) is 11.5 Å². The molecule has 4 aromatic heterocycles. The Balaban J connectivity index is 1.14. The first-order chi connectivity index (χ1) is 17.9. The Morgan fingerprint density at radius 2 is 1.97 bits per heavy atom. The lowest BCUT2D eigenvalue weighted by atomic mass is 9.91. The maximum atomic E-state index is 11.1. The number of rotatable bonds is 5. The molecule has 2 aliphatic carbocycles. The number of fused-ring (bicyclic) bond motifs is 3. The van der Waals surface area contributed by atoms with Gasteiger partial charge in [0, 0.05) is 28.1 Å². The number of nitrogens with zero attached hydrogens (tertiary/aromatic N) is 5. The fourth-order valence-corrected chi connectivity index (χ4v) is 6.47. The molecule has 188 valence electrons. The molecule has 0 spiro atoms. The van der Waals surface area contributed by atoms with Gasteiger partial charge in [0.2, 0.25) is 0 Å². The molecular formula is C27H27N7O3. The lowest BCUT2D eigenvalue weighted by Crippen LogP contribution is -2.34. The Morgan fingerprint density at radius 1 is 1.11 bits per heavy atom. The Bertz CT molecular complexity index is 1680. The van der Waals surface area contributed by atoms with Crippen LogP contribution in [-0.4, -0.2) is 47.1 Å². The van der Waals surface area contributed by atoms with Gasteiger partial charge in [-0.25, -0.2) is 15.0 Å². The summed E-state index contributed by atoms with van der Waals surface area (Å²) in [6.45, 7) is 1.87. The zero-order valence-corrected chi connectivity index (χ0v) is 20.2. The number of anilines is 2. The molecule has 10 nitrogen and oxygen atoms in total. The highest BCUT2D eigenvalue weighted by Crippen LogP contribution is 2.69. The Hall–Kier alpha value is -4.02. The number of nitrogen functional groups attached to an aromatic ring is 2. The van der Waals surface area contributed by atoms with E-state index < -0.39 is 12.2 Å². The van der Waals surface area contributed by atoms with E-state index in [0.717, 1.165) is 57.9 Å². The van der Waals surface area contributed by atoms with E-state index >= 15 is 0 Å². The lowest BCUT2D eigenvalue weighted by Gasteiger charge is -2.24. The van der Waals surface area contributed by atoms with Gasteiger partial charge in [0.05, 0.1) is 28.7 Å². The molecule has 0 saturated heterocycles. The van der Waals surface area contributed by atoms with Gasteiger partial charge in [0.15, 0.2) is 0 Å². The van der Waals surface area contributed by atoms with Crippen molar-refractivity contribution in [3.8, 4) is 11.1 Å². The highest BCUT2D eigenvalue weighted by Gasteiger charge is 2.70. The maximum absolute atomic E-state index is 11.1. The first-order valence-electron chi connectivity index (χ1n) is 12.4. The van der Waals surface area contributed by atoms with E-state index in [9.17, 15) is 10.2 Å². The number of hydrogen-bond acceptors (Lipinski definition) is 9. The minimum absolute atomic E-state index is 0.160. The number of hydrogen-bond donors (Lipinski definition) is 4. The summed E-state index contributed by atoms with van der Waals surface area (Å²) >= 11 is 0. The van der Waals surface area contributed by atoms with Crippen LogP contribution in [0.3, 0.4) is 0 Å². The molecule has 5 aromatic rings. The summed E-state index contributed by atoms with van der Waals surface area (Å²) in [7, 11) is 0. The monoisotopic (exact) mass is 497 g/mol. The number of aryl methyl sites for hydroxylation is 2. The smallest absolute Gasteiger partial charge is 0.145 e. The van der Waals surface area contributed by atoms with Crippen LogP contribution in [0.4, 0.5) is 11.6 Å². The van der Waals surface area contributed by atoms with Gasteiger partial charge in [-0.15, -0.1) is 0 Å². The number of aliphatic hydroxyl groups excluding tert-OH is 2. The highest BCUT2D eigenvalue weighted by atomic mass is 16.5. The van der Waals surface area contributed by atoms with Crippen LogP contribution in [-0.2, 0) is 6.42 Å². The first-order valence-corrected chi connectivity index (χ1v) is 12.4. The maximum Gasteiger partial charge on any atom is 0.145 e. The second kappa shape index (κ2) is 7.74. The largest absolute Gasteiger partial charge is 0.390 e. The van der Waals surface area contributed by atoms with Crippen molar-refractivity contribution in [1.29, 1.82) is 0 Å². The molecular weight excluding hydrogens is 470 g/mol. The minimum atomic E-state index is -0.872. The highest BCUT2D eigenvalue weighted by molar-refractivity contribution is 5.89. The van der Waals surface area contributed by atoms with E-state index in [1.807, 2.05) is 35.9 Å². The predicted molar refractivity (Wildman–Crippen MR) is 138 cm³/mol. The second-order valence-electron chi connectivity index (χ2n) is 10.5. The lowest BCUT2D eigenvalue weighted by molar-refractivity contribution is -0.0191. The molecule has 0 aliphatic heterocycles. The van der Waals surface area contributed by atoms with Gasteiger partial charge in [-0.1, -0.05) is 17.3 Å². The van der Waals surface area contributed by atoms with Crippen molar-refractivity contribution in [2.24, 2.45) is 11.3 Å². The van der Waals surface area contributed by atoms with Crippen LogP contribution in [0, 0.1) is 18.3 Å². The predicted octanol–water partition coefficient (Wildman–Crippen LogP) is 3.02. The number of nitrogens with two attached hydrogens (primary N) is 2. The molecule has 2 aliphatic rings. The molecule has 37 heavy (non-hydrogen) atoms. The summed E-state index contributed by atoms with van der Waals surface area (Å²) < 4.78 is 7.03. The van der Waals surface area contributed by atoms with Crippen molar-refractivity contribution in [1.82, 2.24) is 24.7 Å². The summed E-state index contributed by atoms with van der Waals surface area (Å²) in [6.07, 6.45) is 5.62. The zero-order chi connectivity index (χ0) is 25.5. The molecule has 10 heteroatoms. The average molecular weight is 498 g/mol. The molecule has 7 rings (SSSR count). The fraction of sp³-hybridized carbons (Fsp3) is 0.333. The van der Waals surface area contributed by atoms with Gasteiger partial charge in [-0.05, 0) is 55.9 Å². The third-order valence-electron chi connectivity index (χ3n) is 8.55. The van der Waals surface area contributed by atoms with E-state index in [1.165, 1.54) is 6.33 Å². The van der Waals surface area contributed by atoms with Crippen molar-refractivity contribution < 1.29 is 14.7 Å². The quantitative estimate of drug-likeness (QED) is 0.286. The third-order valence-corrected chi connectivity index (χ3v) is 8.55. The topological polar surface area (TPSA) is 162 Å². The van der Waals surface area contributed by atoms with Gasteiger partial charge in [0.25, 0.3) is 0 Å². The second-order valence-corrected chi connectivity index (χ2v) is 10.5. The number of aliphatic hydroxyl groups is 2. The van der Waals surface area contributed by atoms with Crippen molar-refractivity contribution in [2.45, 2.75) is 44.4 Å². The normalized spacial score (nSPS) is 26.7. The number of pyridine rings is 1. The molecule has 0 unspecified atom stereocenters. The molecule has 0 radical (unpaired) electrons. The third kappa shape index (κ3) is 3.19. The van der Waals surface area contributed by atoms with Crippen molar-refractivity contribution in [3.05, 3.63) is 60.4 Å². The first kappa shape index (κ1) is 22.2. The summed E-state index contributed by atoms with van der Waals surface area (Å²) in [5, 5.41) is 27.8. The van der Waals surface area contributed by atoms with E-state index in [0.29, 0.717) is 17.3 Å². The molecule has 4 heterocycles. The van der Waals surface area contributed by atoms with Gasteiger partial charge < -0.3 is 30.8 Å². The van der Waals surface area contributed by atoms with E-state index in [1.54, 1.807) is 6.26 Å². The van der Waals surface area contributed by atoms with Gasteiger partial charge in [-0.2, -0.15) is 0 Å². The molecule has 0 bridgehead atoms. The Labute approximate surface area is 211 Å². The van der Waals surface area contributed by atoms with Crippen molar-refractivity contribution in [3.63, 3.8) is 0 Å².